The molecule has 0 heterocycles. The number of hydrogen-bond donors (Lipinski definition) is 1. The van der Waals surface area contributed by atoms with E-state index < -0.39 is 24.3 Å². The normalized spacial score (nSPS) is 13.2. The molecule has 0 radical (unpaired) electrons. The summed E-state index contributed by atoms with van der Waals surface area (Å²) in [5, 5.41) is 9.77. The highest BCUT2D eigenvalue weighted by atomic mass is 16.7. The third-order valence-corrected chi connectivity index (χ3v) is 17.3. The van der Waals surface area contributed by atoms with Crippen molar-refractivity contribution in [3.63, 3.8) is 0 Å². The first kappa shape index (κ1) is 90.0. The summed E-state index contributed by atoms with van der Waals surface area (Å²) in [7, 11) is 5.99. The molecule has 0 saturated heterocycles. The molecule has 2 unspecified atom stereocenters. The first-order chi connectivity index (χ1) is 46.1. The fraction of sp³-hybridized carbons (Fsp3) is 0.753. The Kier molecular flexibility index (Phi) is 71.5. The summed E-state index contributed by atoms with van der Waals surface area (Å²) in [6.45, 7) is 4.81. The quantitative estimate of drug-likeness (QED) is 0.0211. The molecule has 9 heteroatoms. The number of carbonyl (C=O) groups excluding carboxylic acids is 2. The Morgan fingerprint density at radius 1 is 0.330 bits per heavy atom. The summed E-state index contributed by atoms with van der Waals surface area (Å²) < 4.78 is 23.0. The van der Waals surface area contributed by atoms with Crippen molar-refractivity contribution in [3.05, 3.63) is 109 Å². The summed E-state index contributed by atoms with van der Waals surface area (Å²) in [5.41, 5.74) is 0. The monoisotopic (exact) mass is 1310 g/mol. The summed E-state index contributed by atoms with van der Waals surface area (Å²) in [6, 6.07) is 0. The molecule has 0 aromatic heterocycles. The van der Waals surface area contributed by atoms with Crippen molar-refractivity contribution in [2.45, 2.75) is 367 Å². The molecular weight excluding hydrogens is 1160 g/mol. The number of ether oxygens (including phenoxy) is 4. The summed E-state index contributed by atoms with van der Waals surface area (Å²) in [5.74, 6) is -1.99. The second kappa shape index (κ2) is 74.7. The SMILES string of the molecule is CC/C=C\C/C=C\C/C=C\C/C=C\C/C=C\C/C=C\C/C=C\C/C=C\C/C=C\CCCCCCCCCCCCCC(=O)OC(COC(=O)CCCCCCCCCCCCCCCCCCCCCCCCCCCCCCCC)COC(OCC[N+](C)(C)C)C(=O)O. The molecule has 0 spiro atoms. The third kappa shape index (κ3) is 75.3. The van der Waals surface area contributed by atoms with Crippen molar-refractivity contribution in [1.82, 2.24) is 0 Å². The summed E-state index contributed by atoms with van der Waals surface area (Å²) >= 11 is 0. The van der Waals surface area contributed by atoms with E-state index in [9.17, 15) is 19.5 Å². The van der Waals surface area contributed by atoms with E-state index in [1.807, 2.05) is 21.1 Å². The van der Waals surface area contributed by atoms with Gasteiger partial charge in [0.15, 0.2) is 6.10 Å². The Morgan fingerprint density at radius 2 is 0.606 bits per heavy atom. The molecule has 0 rings (SSSR count). The number of carboxylic acids is 1. The van der Waals surface area contributed by atoms with Crippen LogP contribution >= 0.6 is 0 Å². The second-order valence-corrected chi connectivity index (χ2v) is 27.7. The molecule has 0 aliphatic rings. The highest BCUT2D eigenvalue weighted by molar-refractivity contribution is 5.71. The molecule has 1 N–H and O–H groups in total. The van der Waals surface area contributed by atoms with Crippen LogP contribution in [0.5, 0.6) is 0 Å². The van der Waals surface area contributed by atoms with Crippen LogP contribution in [0.15, 0.2) is 109 Å². The zero-order valence-corrected chi connectivity index (χ0v) is 62.1. The maximum absolute atomic E-state index is 13.0. The van der Waals surface area contributed by atoms with Gasteiger partial charge in [0.25, 0.3) is 6.29 Å². The Balaban J connectivity index is 4.07. The molecule has 542 valence electrons. The Labute approximate surface area is 581 Å². The largest absolute Gasteiger partial charge is 0.477 e. The number of allylic oxidation sites excluding steroid dienone is 18. The van der Waals surface area contributed by atoms with Gasteiger partial charge in [-0.05, 0) is 83.5 Å². The van der Waals surface area contributed by atoms with Crippen molar-refractivity contribution in [2.24, 2.45) is 0 Å². The standard InChI is InChI=1S/C85H149NO8/c1-6-8-10-12-14-16-18-20-22-24-26-28-30-32-34-36-38-39-40-41-42-43-44-45-46-48-50-52-54-56-58-60-62-64-66-68-70-72-74-76-83(88)94-81(80-93-85(84(89)90)91-78-77-86(3,4)5)79-92-82(87)75-73-71-69-67-65-63-61-59-57-55-53-51-49-47-37-35-33-31-29-27-25-23-21-19-17-15-13-11-9-7-2/h8,10,14,16,20,22,26,28,32,34,38-39,41-42,44-45,48,50,81,85H,6-7,9,11-13,15,17-19,21,23-25,27,29-31,33,35-37,40,43,46-47,49,51-80H2,1-5H3/p+1/b10-8-,16-14-,22-20-,28-26-,34-32-,39-38-,42-41-,45-44-,50-48-. The van der Waals surface area contributed by atoms with Gasteiger partial charge in [-0.3, -0.25) is 9.59 Å². The highest BCUT2D eigenvalue weighted by Crippen LogP contribution is 2.19. The van der Waals surface area contributed by atoms with Gasteiger partial charge in [-0.25, -0.2) is 4.79 Å². The van der Waals surface area contributed by atoms with E-state index in [0.29, 0.717) is 23.9 Å². The maximum Gasteiger partial charge on any atom is 0.361 e. The summed E-state index contributed by atoms with van der Waals surface area (Å²) in [6.07, 6.45) is 102. The number of esters is 2. The highest BCUT2D eigenvalue weighted by Gasteiger charge is 2.25. The lowest BCUT2D eigenvalue weighted by molar-refractivity contribution is -0.870. The van der Waals surface area contributed by atoms with Gasteiger partial charge in [-0.15, -0.1) is 0 Å². The molecule has 0 aliphatic carbocycles. The fourth-order valence-corrected chi connectivity index (χ4v) is 11.3. The fourth-order valence-electron chi connectivity index (χ4n) is 11.3. The van der Waals surface area contributed by atoms with Gasteiger partial charge >= 0.3 is 17.9 Å². The molecule has 94 heavy (non-hydrogen) atoms. The van der Waals surface area contributed by atoms with Gasteiger partial charge in [-0.2, -0.15) is 0 Å². The number of nitrogens with zero attached hydrogens (tertiary/aromatic N) is 1. The lowest BCUT2D eigenvalue weighted by Crippen LogP contribution is -2.40. The first-order valence-corrected chi connectivity index (χ1v) is 39.6. The average molecular weight is 1310 g/mol. The van der Waals surface area contributed by atoms with Crippen LogP contribution in [0, 0.1) is 0 Å². The molecule has 0 saturated carbocycles. The first-order valence-electron chi connectivity index (χ1n) is 39.6. The van der Waals surface area contributed by atoms with Gasteiger partial charge in [0.05, 0.1) is 34.4 Å². The Morgan fingerprint density at radius 3 is 0.904 bits per heavy atom. The van der Waals surface area contributed by atoms with Crippen molar-refractivity contribution in [1.29, 1.82) is 0 Å². The maximum atomic E-state index is 13.0. The molecule has 9 nitrogen and oxygen atoms in total. The number of rotatable bonds is 73. The van der Waals surface area contributed by atoms with Crippen LogP contribution < -0.4 is 0 Å². The zero-order chi connectivity index (χ0) is 68.2. The van der Waals surface area contributed by atoms with E-state index in [4.69, 9.17) is 18.9 Å². The molecule has 0 aromatic carbocycles. The number of hydrogen-bond acceptors (Lipinski definition) is 7. The van der Waals surface area contributed by atoms with Crippen molar-refractivity contribution >= 4 is 17.9 Å². The van der Waals surface area contributed by atoms with Gasteiger partial charge < -0.3 is 28.5 Å². The minimum absolute atomic E-state index is 0.183. The van der Waals surface area contributed by atoms with Gasteiger partial charge in [-0.1, -0.05) is 367 Å². The van der Waals surface area contributed by atoms with E-state index in [2.05, 4.69) is 123 Å². The lowest BCUT2D eigenvalue weighted by Gasteiger charge is -2.25. The number of carboxylic acid groups (broad SMARTS) is 1. The van der Waals surface area contributed by atoms with Crippen LogP contribution in [0.25, 0.3) is 0 Å². The van der Waals surface area contributed by atoms with E-state index in [1.165, 1.54) is 218 Å². The van der Waals surface area contributed by atoms with Crippen molar-refractivity contribution in [3.8, 4) is 0 Å². The summed E-state index contributed by atoms with van der Waals surface area (Å²) in [4.78, 5) is 37.7. The van der Waals surface area contributed by atoms with E-state index in [0.717, 1.165) is 103 Å². The second-order valence-electron chi connectivity index (χ2n) is 27.7. The minimum atomic E-state index is -1.52. The molecule has 0 fully saturated rings. The minimum Gasteiger partial charge on any atom is -0.477 e. The van der Waals surface area contributed by atoms with Crippen LogP contribution in [0.1, 0.15) is 354 Å². The number of carbonyl (C=O) groups is 3. The molecule has 0 bridgehead atoms. The zero-order valence-electron chi connectivity index (χ0n) is 62.1. The third-order valence-electron chi connectivity index (χ3n) is 17.3. The number of quaternary nitrogens is 1. The average Bonchev–Trinajstić information content (AvgIpc) is 3.76. The molecule has 0 aliphatic heterocycles. The van der Waals surface area contributed by atoms with E-state index >= 15 is 0 Å². The topological polar surface area (TPSA) is 108 Å². The van der Waals surface area contributed by atoms with E-state index in [1.54, 1.807) is 0 Å². The predicted molar refractivity (Wildman–Crippen MR) is 405 cm³/mol. The van der Waals surface area contributed by atoms with Gasteiger partial charge in [0.1, 0.15) is 13.2 Å². The predicted octanol–water partition coefficient (Wildman–Crippen LogP) is 25.3. The molecular formula is C85H150NO8+. The lowest BCUT2D eigenvalue weighted by atomic mass is 10.0. The van der Waals surface area contributed by atoms with Gasteiger partial charge in [0, 0.05) is 12.8 Å². The van der Waals surface area contributed by atoms with Crippen LogP contribution in [0.3, 0.4) is 0 Å². The number of likely N-dealkylation sites (N-methyl/N-ethyl adjacent to an activating group) is 1. The van der Waals surface area contributed by atoms with Crippen LogP contribution in [-0.2, 0) is 33.3 Å². The van der Waals surface area contributed by atoms with Crippen LogP contribution in [-0.4, -0.2) is 87.4 Å². The Bertz CT molecular complexity index is 1920. The number of aliphatic carboxylic acids is 1. The van der Waals surface area contributed by atoms with Crippen molar-refractivity contribution < 1.29 is 42.9 Å². The van der Waals surface area contributed by atoms with Crippen LogP contribution in [0.2, 0.25) is 0 Å². The smallest absolute Gasteiger partial charge is 0.361 e. The Hall–Kier alpha value is -4.05. The van der Waals surface area contributed by atoms with Gasteiger partial charge in [0.2, 0.25) is 0 Å². The molecule has 0 aromatic rings. The van der Waals surface area contributed by atoms with Crippen molar-refractivity contribution in [2.75, 3.05) is 47.5 Å². The van der Waals surface area contributed by atoms with E-state index in [-0.39, 0.29) is 32.2 Å². The molecule has 2 atom stereocenters. The molecule has 0 amide bonds. The van der Waals surface area contributed by atoms with Crippen LogP contribution in [0.4, 0.5) is 0 Å². The number of unbranched alkanes of at least 4 members (excludes halogenated alkanes) is 40.